The maximum absolute atomic E-state index is 9.68. The quantitative estimate of drug-likeness (QED) is 0.757. The van der Waals surface area contributed by atoms with Gasteiger partial charge in [-0.25, -0.2) is 0 Å². The van der Waals surface area contributed by atoms with Crippen LogP contribution in [0.1, 0.15) is 59.8 Å². The highest BCUT2D eigenvalue weighted by Gasteiger charge is 2.36. The summed E-state index contributed by atoms with van der Waals surface area (Å²) in [6, 6.07) is 0.463. The van der Waals surface area contributed by atoms with Crippen molar-refractivity contribution < 1.29 is 5.11 Å². The van der Waals surface area contributed by atoms with Gasteiger partial charge in [0, 0.05) is 11.6 Å². The van der Waals surface area contributed by atoms with E-state index in [0.717, 1.165) is 24.7 Å². The van der Waals surface area contributed by atoms with Gasteiger partial charge in [0.1, 0.15) is 0 Å². The lowest BCUT2D eigenvalue weighted by Gasteiger charge is -2.42. The monoisotopic (exact) mass is 227 g/mol. The van der Waals surface area contributed by atoms with E-state index in [4.69, 9.17) is 0 Å². The molecule has 0 amide bonds. The van der Waals surface area contributed by atoms with Crippen LogP contribution in [0.25, 0.3) is 0 Å². The van der Waals surface area contributed by atoms with E-state index in [-0.39, 0.29) is 5.54 Å². The Morgan fingerprint density at radius 3 is 2.50 bits per heavy atom. The van der Waals surface area contributed by atoms with E-state index in [1.54, 1.807) is 0 Å². The molecule has 0 aromatic carbocycles. The minimum atomic E-state index is 0.00593. The normalized spacial score (nSPS) is 31.3. The molecule has 2 heteroatoms. The Balaban J connectivity index is 2.57. The average molecular weight is 227 g/mol. The third-order valence-corrected chi connectivity index (χ3v) is 3.65. The van der Waals surface area contributed by atoms with Crippen molar-refractivity contribution in [3.63, 3.8) is 0 Å². The Bertz CT molecular complexity index is 203. The fourth-order valence-electron chi connectivity index (χ4n) is 3.29. The van der Waals surface area contributed by atoms with Gasteiger partial charge in [0.15, 0.2) is 0 Å². The van der Waals surface area contributed by atoms with E-state index >= 15 is 0 Å². The van der Waals surface area contributed by atoms with E-state index in [1.807, 2.05) is 0 Å². The predicted octanol–water partition coefficient (Wildman–Crippen LogP) is 2.95. The number of hydrogen-bond donors (Lipinski definition) is 2. The standard InChI is InChI=1S/C14H29NO/c1-11(2)8-13-6-5-7-14(9-13,10-16)15-12(3)4/h11-13,15-16H,5-10H2,1-4H3. The highest BCUT2D eigenvalue weighted by atomic mass is 16.3. The molecule has 1 aliphatic carbocycles. The number of nitrogens with one attached hydrogen (secondary N) is 1. The smallest absolute Gasteiger partial charge is 0.0613 e. The Labute approximate surface area is 101 Å². The first-order chi connectivity index (χ1) is 7.47. The van der Waals surface area contributed by atoms with E-state index in [0.29, 0.717) is 12.6 Å². The summed E-state index contributed by atoms with van der Waals surface area (Å²) in [7, 11) is 0. The van der Waals surface area contributed by atoms with E-state index < -0.39 is 0 Å². The van der Waals surface area contributed by atoms with Crippen LogP contribution < -0.4 is 5.32 Å². The van der Waals surface area contributed by atoms with Crippen LogP contribution in [-0.4, -0.2) is 23.3 Å². The molecule has 0 saturated heterocycles. The number of rotatable bonds is 5. The van der Waals surface area contributed by atoms with Crippen LogP contribution in [-0.2, 0) is 0 Å². The Morgan fingerprint density at radius 1 is 1.31 bits per heavy atom. The van der Waals surface area contributed by atoms with Crippen LogP contribution in [0.5, 0.6) is 0 Å². The molecule has 2 N–H and O–H groups in total. The van der Waals surface area contributed by atoms with Crippen LogP contribution >= 0.6 is 0 Å². The first-order valence-electron chi connectivity index (χ1n) is 6.86. The van der Waals surface area contributed by atoms with Gasteiger partial charge < -0.3 is 10.4 Å². The second-order valence-corrected chi connectivity index (χ2v) is 6.33. The summed E-state index contributed by atoms with van der Waals surface area (Å²) in [5.74, 6) is 1.57. The van der Waals surface area contributed by atoms with Gasteiger partial charge in [-0.05, 0) is 31.1 Å². The fourth-order valence-corrected chi connectivity index (χ4v) is 3.29. The molecule has 16 heavy (non-hydrogen) atoms. The molecule has 0 spiro atoms. The molecule has 1 aliphatic rings. The lowest BCUT2D eigenvalue weighted by atomic mass is 9.73. The minimum absolute atomic E-state index is 0.00593. The molecule has 0 heterocycles. The highest BCUT2D eigenvalue weighted by Crippen LogP contribution is 2.35. The van der Waals surface area contributed by atoms with Crippen molar-refractivity contribution in [2.75, 3.05) is 6.61 Å². The lowest BCUT2D eigenvalue weighted by Crippen LogP contribution is -2.54. The first-order valence-corrected chi connectivity index (χ1v) is 6.86. The highest BCUT2D eigenvalue weighted by molar-refractivity contribution is 4.94. The fraction of sp³-hybridized carbons (Fsp3) is 1.00. The van der Waals surface area contributed by atoms with Gasteiger partial charge in [-0.15, -0.1) is 0 Å². The van der Waals surface area contributed by atoms with Gasteiger partial charge in [0.25, 0.3) is 0 Å². The van der Waals surface area contributed by atoms with Crippen molar-refractivity contribution in [3.8, 4) is 0 Å². The van der Waals surface area contributed by atoms with Gasteiger partial charge in [0.2, 0.25) is 0 Å². The molecule has 96 valence electrons. The molecule has 1 fully saturated rings. The van der Waals surface area contributed by atoms with Crippen molar-refractivity contribution >= 4 is 0 Å². The van der Waals surface area contributed by atoms with Gasteiger partial charge in [0.05, 0.1) is 6.61 Å². The molecule has 0 aromatic heterocycles. The number of aliphatic hydroxyl groups excluding tert-OH is 1. The van der Waals surface area contributed by atoms with Crippen LogP contribution in [0, 0.1) is 11.8 Å². The van der Waals surface area contributed by atoms with Gasteiger partial charge >= 0.3 is 0 Å². The Hall–Kier alpha value is -0.0800. The van der Waals surface area contributed by atoms with Crippen molar-refractivity contribution in [2.24, 2.45) is 11.8 Å². The van der Waals surface area contributed by atoms with E-state index in [1.165, 1.54) is 19.3 Å². The zero-order valence-corrected chi connectivity index (χ0v) is 11.4. The van der Waals surface area contributed by atoms with Crippen LogP contribution in [0.2, 0.25) is 0 Å². The summed E-state index contributed by atoms with van der Waals surface area (Å²) >= 11 is 0. The molecule has 0 aromatic rings. The minimum Gasteiger partial charge on any atom is -0.394 e. The molecular formula is C14H29NO. The summed E-state index contributed by atoms with van der Waals surface area (Å²) in [4.78, 5) is 0. The summed E-state index contributed by atoms with van der Waals surface area (Å²) in [6.07, 6.45) is 6.20. The zero-order valence-electron chi connectivity index (χ0n) is 11.4. The van der Waals surface area contributed by atoms with Crippen LogP contribution in [0.3, 0.4) is 0 Å². The topological polar surface area (TPSA) is 32.3 Å². The largest absolute Gasteiger partial charge is 0.394 e. The second kappa shape index (κ2) is 6.02. The molecule has 0 bridgehead atoms. The summed E-state index contributed by atoms with van der Waals surface area (Å²) in [6.45, 7) is 9.23. The molecule has 2 nitrogen and oxygen atoms in total. The van der Waals surface area contributed by atoms with E-state index in [2.05, 4.69) is 33.0 Å². The Kier molecular flexibility index (Phi) is 5.26. The maximum Gasteiger partial charge on any atom is 0.0613 e. The summed E-state index contributed by atoms with van der Waals surface area (Å²) in [5.41, 5.74) is 0.00593. The van der Waals surface area contributed by atoms with Crippen molar-refractivity contribution in [3.05, 3.63) is 0 Å². The maximum atomic E-state index is 9.68. The van der Waals surface area contributed by atoms with Crippen LogP contribution in [0.4, 0.5) is 0 Å². The zero-order chi connectivity index (χ0) is 12.2. The Morgan fingerprint density at radius 2 is 2.00 bits per heavy atom. The van der Waals surface area contributed by atoms with Crippen LogP contribution in [0.15, 0.2) is 0 Å². The third kappa shape index (κ3) is 4.06. The second-order valence-electron chi connectivity index (χ2n) is 6.33. The van der Waals surface area contributed by atoms with E-state index in [9.17, 15) is 5.11 Å². The van der Waals surface area contributed by atoms with Gasteiger partial charge in [-0.2, -0.15) is 0 Å². The number of aliphatic hydroxyl groups is 1. The molecular weight excluding hydrogens is 198 g/mol. The van der Waals surface area contributed by atoms with Crippen molar-refractivity contribution in [1.82, 2.24) is 5.32 Å². The third-order valence-electron chi connectivity index (χ3n) is 3.65. The van der Waals surface area contributed by atoms with Gasteiger partial charge in [-0.3, -0.25) is 0 Å². The lowest BCUT2D eigenvalue weighted by molar-refractivity contribution is 0.0819. The average Bonchev–Trinajstić information content (AvgIpc) is 2.16. The molecule has 2 atom stereocenters. The SMILES string of the molecule is CC(C)CC1CCCC(CO)(NC(C)C)C1. The molecule has 0 radical (unpaired) electrons. The van der Waals surface area contributed by atoms with Crippen molar-refractivity contribution in [2.45, 2.75) is 71.4 Å². The van der Waals surface area contributed by atoms with Crippen molar-refractivity contribution in [1.29, 1.82) is 0 Å². The first kappa shape index (κ1) is 14.0. The predicted molar refractivity (Wildman–Crippen MR) is 69.5 cm³/mol. The molecule has 1 saturated carbocycles. The molecule has 2 unspecified atom stereocenters. The summed E-state index contributed by atoms with van der Waals surface area (Å²) < 4.78 is 0. The number of hydrogen-bond acceptors (Lipinski definition) is 2. The van der Waals surface area contributed by atoms with Gasteiger partial charge in [-0.1, -0.05) is 40.5 Å². The summed E-state index contributed by atoms with van der Waals surface area (Å²) in [5, 5.41) is 13.3. The molecule has 0 aliphatic heterocycles. The molecule has 1 rings (SSSR count).